The molecule has 0 amide bonds. The van der Waals surface area contributed by atoms with Crippen LogP contribution in [0.15, 0.2) is 114 Å². The van der Waals surface area contributed by atoms with Crippen LogP contribution in [0.2, 0.25) is 5.02 Å². The molecule has 2 unspecified atom stereocenters. The maximum atomic E-state index is 12.6. The summed E-state index contributed by atoms with van der Waals surface area (Å²) in [5, 5.41) is 10.2. The normalized spacial score (nSPS) is 19.0. The molecule has 0 spiro atoms. The van der Waals surface area contributed by atoms with Crippen molar-refractivity contribution in [3.8, 4) is 25.2 Å². The van der Waals surface area contributed by atoms with Crippen LogP contribution in [0.25, 0.3) is 10.9 Å². The number of aromatic nitrogens is 1. The van der Waals surface area contributed by atoms with E-state index in [0.717, 1.165) is 29.6 Å². The molecular formula is C38H44ClFN6. The molecule has 46 heavy (non-hydrogen) atoms. The molecule has 4 rings (SSSR count). The van der Waals surface area contributed by atoms with Crippen LogP contribution < -0.4 is 22.2 Å². The number of rotatable bonds is 10. The average Bonchev–Trinajstić information content (AvgIpc) is 3.46. The highest BCUT2D eigenvalue weighted by molar-refractivity contribution is 6.30. The van der Waals surface area contributed by atoms with E-state index in [4.69, 9.17) is 29.5 Å². The zero-order valence-electron chi connectivity index (χ0n) is 26.7. The molecule has 2 heterocycles. The Morgan fingerprint density at radius 2 is 1.96 bits per heavy atom. The molecule has 3 aromatic rings. The lowest BCUT2D eigenvalue weighted by Gasteiger charge is -2.42. The fourth-order valence-corrected chi connectivity index (χ4v) is 5.29. The summed E-state index contributed by atoms with van der Waals surface area (Å²) in [7, 11) is 0. The third-order valence-electron chi connectivity index (χ3n) is 7.38. The number of allylic oxidation sites excluding steroid dienone is 6. The minimum atomic E-state index is -0.492. The van der Waals surface area contributed by atoms with Gasteiger partial charge in [-0.1, -0.05) is 73.2 Å². The predicted molar refractivity (Wildman–Crippen MR) is 195 cm³/mol. The number of H-pyrrole nitrogens is 1. The lowest BCUT2D eigenvalue weighted by Crippen LogP contribution is -2.58. The average molecular weight is 639 g/mol. The number of fused-ring (bicyclic) bond motifs is 3. The van der Waals surface area contributed by atoms with E-state index in [-0.39, 0.29) is 12.1 Å². The highest BCUT2D eigenvalue weighted by atomic mass is 35.5. The van der Waals surface area contributed by atoms with Crippen LogP contribution >= 0.6 is 11.6 Å². The SMILES string of the molecule is C#C.C#CC/C=C\C=C/N.CC\C=C/C(=C\C=C\F)C(/N)=N/NC(C)[C@H]1Cc2c([nH]c3ccccc23)C(C)(c2cccc(Cl)c2)N1. The largest absolute Gasteiger partial charge is 0.405 e. The number of benzene rings is 2. The second-order valence-corrected chi connectivity index (χ2v) is 10.9. The Hall–Kier alpha value is -4.95. The molecule has 0 radical (unpaired) electrons. The number of nitrogens with zero attached hydrogens (tertiary/aromatic N) is 1. The van der Waals surface area contributed by atoms with Crippen molar-refractivity contribution >= 4 is 28.3 Å². The molecule has 3 atom stereocenters. The van der Waals surface area contributed by atoms with Crippen LogP contribution in [0.4, 0.5) is 4.39 Å². The highest BCUT2D eigenvalue weighted by Gasteiger charge is 2.41. The van der Waals surface area contributed by atoms with Gasteiger partial charge in [-0.15, -0.1) is 25.2 Å². The summed E-state index contributed by atoms with van der Waals surface area (Å²) in [4.78, 5) is 3.66. The van der Waals surface area contributed by atoms with Gasteiger partial charge in [-0.25, -0.2) is 4.39 Å². The van der Waals surface area contributed by atoms with Crippen molar-refractivity contribution in [2.45, 2.75) is 57.7 Å². The number of nitrogens with one attached hydrogen (secondary N) is 3. The van der Waals surface area contributed by atoms with Crippen LogP contribution in [0, 0.1) is 25.2 Å². The van der Waals surface area contributed by atoms with E-state index in [1.165, 1.54) is 23.2 Å². The van der Waals surface area contributed by atoms with Crippen LogP contribution in [0.5, 0.6) is 0 Å². The van der Waals surface area contributed by atoms with Crippen molar-refractivity contribution in [1.82, 2.24) is 15.7 Å². The number of hydrogen-bond donors (Lipinski definition) is 5. The number of terminal acetylenes is 2. The molecule has 8 heteroatoms. The Labute approximate surface area is 278 Å². The number of amidine groups is 1. The summed E-state index contributed by atoms with van der Waals surface area (Å²) in [6, 6.07) is 16.3. The van der Waals surface area contributed by atoms with E-state index in [9.17, 15) is 4.39 Å². The van der Waals surface area contributed by atoms with Gasteiger partial charge in [-0.05, 0) is 80.4 Å². The molecule has 1 aliphatic heterocycles. The van der Waals surface area contributed by atoms with Gasteiger partial charge in [0.25, 0.3) is 0 Å². The van der Waals surface area contributed by atoms with E-state index < -0.39 is 5.54 Å². The topological polar surface area (TPSA) is 104 Å². The molecule has 6 nitrogen and oxygen atoms in total. The Morgan fingerprint density at radius 1 is 1.20 bits per heavy atom. The third kappa shape index (κ3) is 10.0. The van der Waals surface area contributed by atoms with Gasteiger partial charge in [0.05, 0.1) is 17.9 Å². The molecule has 1 aromatic heterocycles. The van der Waals surface area contributed by atoms with Crippen molar-refractivity contribution < 1.29 is 4.39 Å². The molecule has 0 saturated heterocycles. The molecule has 2 aromatic carbocycles. The molecule has 7 N–H and O–H groups in total. The zero-order chi connectivity index (χ0) is 34.0. The lowest BCUT2D eigenvalue weighted by molar-refractivity contribution is 0.284. The van der Waals surface area contributed by atoms with E-state index in [0.29, 0.717) is 29.2 Å². The lowest BCUT2D eigenvalue weighted by atomic mass is 9.79. The van der Waals surface area contributed by atoms with Crippen molar-refractivity contribution in [2.75, 3.05) is 0 Å². The number of para-hydroxylation sites is 1. The maximum Gasteiger partial charge on any atom is 0.150 e. The smallest absolute Gasteiger partial charge is 0.150 e. The van der Waals surface area contributed by atoms with Gasteiger partial charge in [-0.3, -0.25) is 5.32 Å². The first-order valence-corrected chi connectivity index (χ1v) is 15.3. The molecule has 1 aliphatic rings. The van der Waals surface area contributed by atoms with Gasteiger partial charge in [0.1, 0.15) is 0 Å². The van der Waals surface area contributed by atoms with Gasteiger partial charge in [-0.2, -0.15) is 5.10 Å². The Kier molecular flexibility index (Phi) is 15.7. The fourth-order valence-electron chi connectivity index (χ4n) is 5.10. The second-order valence-electron chi connectivity index (χ2n) is 10.5. The summed E-state index contributed by atoms with van der Waals surface area (Å²) in [6.07, 6.45) is 29.3. The second kappa shape index (κ2) is 19.4. The quantitative estimate of drug-likeness (QED) is 0.0521. The van der Waals surface area contributed by atoms with Crippen LogP contribution in [-0.2, 0) is 12.0 Å². The third-order valence-corrected chi connectivity index (χ3v) is 7.61. The molecular weight excluding hydrogens is 595 g/mol. The summed E-state index contributed by atoms with van der Waals surface area (Å²) < 4.78 is 12.6. The first-order valence-electron chi connectivity index (χ1n) is 15.0. The van der Waals surface area contributed by atoms with Crippen molar-refractivity contribution in [1.29, 1.82) is 0 Å². The first kappa shape index (κ1) is 37.2. The van der Waals surface area contributed by atoms with Gasteiger partial charge >= 0.3 is 0 Å². The maximum absolute atomic E-state index is 12.6. The molecule has 0 fully saturated rings. The summed E-state index contributed by atoms with van der Waals surface area (Å²) in [5.74, 6) is 2.76. The van der Waals surface area contributed by atoms with Crippen LogP contribution in [0.1, 0.15) is 50.4 Å². The molecule has 0 saturated carbocycles. The van der Waals surface area contributed by atoms with Crippen LogP contribution in [0.3, 0.4) is 0 Å². The van der Waals surface area contributed by atoms with E-state index in [1.54, 1.807) is 12.2 Å². The monoisotopic (exact) mass is 638 g/mol. The number of nitrogens with two attached hydrogens (primary N) is 2. The highest BCUT2D eigenvalue weighted by Crippen LogP contribution is 2.40. The predicted octanol–water partition coefficient (Wildman–Crippen LogP) is 7.51. The van der Waals surface area contributed by atoms with Gasteiger partial charge in [0, 0.05) is 39.7 Å². The summed E-state index contributed by atoms with van der Waals surface area (Å²) in [6.45, 7) is 6.29. The minimum absolute atomic E-state index is 0.0431. The molecule has 0 bridgehead atoms. The van der Waals surface area contributed by atoms with E-state index >= 15 is 0 Å². The van der Waals surface area contributed by atoms with E-state index in [2.05, 4.69) is 77.7 Å². The van der Waals surface area contributed by atoms with Gasteiger partial charge in [0.2, 0.25) is 0 Å². The molecule has 240 valence electrons. The first-order chi connectivity index (χ1) is 22.3. The number of halogens is 2. The Balaban J connectivity index is 0.000000643. The van der Waals surface area contributed by atoms with Gasteiger partial charge in [0.15, 0.2) is 5.84 Å². The fraction of sp³-hybridized carbons (Fsp3) is 0.237. The van der Waals surface area contributed by atoms with Crippen molar-refractivity contribution in [3.63, 3.8) is 0 Å². The van der Waals surface area contributed by atoms with E-state index in [1.807, 2.05) is 55.5 Å². The number of aromatic amines is 1. The van der Waals surface area contributed by atoms with Crippen molar-refractivity contribution in [2.24, 2.45) is 16.6 Å². The molecule has 0 aliphatic carbocycles. The summed E-state index contributed by atoms with van der Waals surface area (Å²) in [5.41, 5.74) is 19.3. The number of hydrazone groups is 1. The Morgan fingerprint density at radius 3 is 2.63 bits per heavy atom. The standard InChI is InChI=1S/C29H33ClFN5.C7H9N.C2H2/c1-4-5-10-20(11-9-16-31)28(32)36-35-19(2)26-18-24-23-14-6-7-15-25(23)33-27(24)29(3,34-26)21-12-8-13-22(30)17-21;1-2-3-4-5-6-7-8;1-2/h5-17,19,26,33-35H,4,18H2,1-3H3,(H2,32,36);1,4-7H,3,8H2;1-2H/b10-5-,16-9+,20-11+;5-4-,7-6-;/t19?,26-,29?;;/m1../s1. The zero-order valence-corrected chi connectivity index (χ0v) is 27.4. The summed E-state index contributed by atoms with van der Waals surface area (Å²) >= 11 is 6.40. The van der Waals surface area contributed by atoms with Crippen molar-refractivity contribution in [3.05, 3.63) is 131 Å². The van der Waals surface area contributed by atoms with Gasteiger partial charge < -0.3 is 21.9 Å². The Bertz CT molecular complexity index is 1650. The minimum Gasteiger partial charge on any atom is -0.405 e. The number of hydrogen-bond acceptors (Lipinski definition) is 4. The van der Waals surface area contributed by atoms with Crippen LogP contribution in [-0.4, -0.2) is 22.9 Å².